The molecule has 8 heteroatoms. The van der Waals surface area contributed by atoms with Gasteiger partial charge in [-0.25, -0.2) is 4.39 Å². The summed E-state index contributed by atoms with van der Waals surface area (Å²) in [6.07, 6.45) is 0. The highest BCUT2D eigenvalue weighted by atomic mass is 35.5. The Hall–Kier alpha value is -1.96. The normalized spacial score (nSPS) is 17.2. The van der Waals surface area contributed by atoms with Crippen LogP contribution in [0.3, 0.4) is 0 Å². The predicted molar refractivity (Wildman–Crippen MR) is 97.6 cm³/mol. The van der Waals surface area contributed by atoms with E-state index < -0.39 is 5.82 Å². The summed E-state index contributed by atoms with van der Waals surface area (Å²) in [5.74, 6) is 0.103. The molecular formula is C18H22ClFN4O2. The maximum absolute atomic E-state index is 13.8. The number of nitrogens with zero attached hydrogens (tertiary/aromatic N) is 3. The Bertz CT molecular complexity index is 774. The first-order valence-corrected chi connectivity index (χ1v) is 8.94. The smallest absolute Gasteiger partial charge is 0.241 e. The third-order valence-corrected chi connectivity index (χ3v) is 4.81. The van der Waals surface area contributed by atoms with Gasteiger partial charge in [-0.1, -0.05) is 16.8 Å². The second-order valence-electron chi connectivity index (χ2n) is 6.54. The number of rotatable bonds is 5. The zero-order chi connectivity index (χ0) is 18.7. The summed E-state index contributed by atoms with van der Waals surface area (Å²) < 4.78 is 19.0. The first-order chi connectivity index (χ1) is 12.4. The molecular weight excluding hydrogens is 359 g/mol. The number of carbonyl (C=O) groups excluding carboxylic acids is 1. The average molecular weight is 381 g/mol. The van der Waals surface area contributed by atoms with E-state index in [1.54, 1.807) is 0 Å². The number of hydrogen-bond donors (Lipinski definition) is 1. The molecule has 1 saturated heterocycles. The third kappa shape index (κ3) is 4.60. The highest BCUT2D eigenvalue weighted by molar-refractivity contribution is 6.30. The first kappa shape index (κ1) is 18.8. The molecule has 2 aromatic rings. The number of benzene rings is 1. The number of piperazine rings is 1. The number of aryl methyl sites for hydroxylation is 1. The molecule has 2 heterocycles. The minimum Gasteiger partial charge on any atom is -0.360 e. The molecule has 1 aromatic carbocycles. The molecule has 0 spiro atoms. The molecule has 140 valence electrons. The lowest BCUT2D eigenvalue weighted by molar-refractivity contribution is -0.121. The van der Waals surface area contributed by atoms with Crippen LogP contribution in [-0.2, 0) is 11.3 Å². The molecule has 1 N–H and O–H groups in total. The van der Waals surface area contributed by atoms with E-state index in [2.05, 4.69) is 20.3 Å². The monoisotopic (exact) mass is 380 g/mol. The quantitative estimate of drug-likeness (QED) is 0.864. The van der Waals surface area contributed by atoms with Gasteiger partial charge in [-0.3, -0.25) is 14.6 Å². The summed E-state index contributed by atoms with van der Waals surface area (Å²) in [5.41, 5.74) is 0.978. The van der Waals surface area contributed by atoms with Crippen LogP contribution in [0.5, 0.6) is 0 Å². The van der Waals surface area contributed by atoms with Gasteiger partial charge in [0.1, 0.15) is 5.82 Å². The summed E-state index contributed by atoms with van der Waals surface area (Å²) in [4.78, 5) is 16.8. The molecule has 0 aliphatic carbocycles. The standard InChI is InChI=1S/C18H22ClFN4O2/c1-12-9-15(26-22-12)11-23-5-7-24(8-6-23)13(2)18(25)21-17-10-14(19)3-4-16(17)20/h3-4,9-10,13H,5-8,11H2,1-2H3,(H,21,25). The minimum atomic E-state index is -0.498. The van der Waals surface area contributed by atoms with E-state index in [1.165, 1.54) is 18.2 Å². The molecule has 6 nitrogen and oxygen atoms in total. The predicted octanol–water partition coefficient (Wildman–Crippen LogP) is 2.92. The van der Waals surface area contributed by atoms with Crippen molar-refractivity contribution in [2.24, 2.45) is 0 Å². The number of nitrogens with one attached hydrogen (secondary N) is 1. The van der Waals surface area contributed by atoms with Crippen LogP contribution in [-0.4, -0.2) is 53.1 Å². The van der Waals surface area contributed by atoms with Crippen molar-refractivity contribution in [2.45, 2.75) is 26.4 Å². The molecule has 1 atom stereocenters. The van der Waals surface area contributed by atoms with Gasteiger partial charge in [0.05, 0.1) is 24.0 Å². The lowest BCUT2D eigenvalue weighted by Crippen LogP contribution is -2.52. The van der Waals surface area contributed by atoms with Gasteiger partial charge in [0, 0.05) is 37.3 Å². The highest BCUT2D eigenvalue weighted by Gasteiger charge is 2.26. The molecule has 1 aliphatic heterocycles. The number of aromatic nitrogens is 1. The van der Waals surface area contributed by atoms with Crippen LogP contribution < -0.4 is 5.32 Å². The van der Waals surface area contributed by atoms with Crippen LogP contribution in [0.1, 0.15) is 18.4 Å². The molecule has 1 unspecified atom stereocenters. The number of anilines is 1. The second-order valence-corrected chi connectivity index (χ2v) is 6.97. The Labute approximate surface area is 156 Å². The van der Waals surface area contributed by atoms with Crippen molar-refractivity contribution in [1.82, 2.24) is 15.0 Å². The van der Waals surface area contributed by atoms with E-state index in [4.69, 9.17) is 16.1 Å². The summed E-state index contributed by atoms with van der Waals surface area (Å²) in [5, 5.41) is 6.90. The molecule has 26 heavy (non-hydrogen) atoms. The van der Waals surface area contributed by atoms with Crippen molar-refractivity contribution < 1.29 is 13.7 Å². The molecule has 1 aliphatic rings. The van der Waals surface area contributed by atoms with Crippen molar-refractivity contribution in [2.75, 3.05) is 31.5 Å². The van der Waals surface area contributed by atoms with Gasteiger partial charge in [-0.2, -0.15) is 0 Å². The van der Waals surface area contributed by atoms with Crippen LogP contribution in [0.25, 0.3) is 0 Å². The van der Waals surface area contributed by atoms with Gasteiger partial charge in [0.15, 0.2) is 5.76 Å². The summed E-state index contributed by atoms with van der Waals surface area (Å²) >= 11 is 5.87. The van der Waals surface area contributed by atoms with E-state index >= 15 is 0 Å². The van der Waals surface area contributed by atoms with Gasteiger partial charge in [0.2, 0.25) is 5.91 Å². The minimum absolute atomic E-state index is 0.105. The molecule has 1 amide bonds. The molecule has 1 fully saturated rings. The van der Waals surface area contributed by atoms with E-state index in [9.17, 15) is 9.18 Å². The van der Waals surface area contributed by atoms with Crippen LogP contribution in [0, 0.1) is 12.7 Å². The lowest BCUT2D eigenvalue weighted by Gasteiger charge is -2.37. The average Bonchev–Trinajstić information content (AvgIpc) is 3.03. The van der Waals surface area contributed by atoms with Gasteiger partial charge in [0.25, 0.3) is 0 Å². The third-order valence-electron chi connectivity index (χ3n) is 4.58. The van der Waals surface area contributed by atoms with Crippen LogP contribution >= 0.6 is 11.6 Å². The van der Waals surface area contributed by atoms with Gasteiger partial charge < -0.3 is 9.84 Å². The van der Waals surface area contributed by atoms with Gasteiger partial charge in [-0.05, 0) is 32.0 Å². The van der Waals surface area contributed by atoms with Crippen molar-refractivity contribution in [1.29, 1.82) is 0 Å². The second kappa shape index (κ2) is 8.16. The zero-order valence-corrected chi connectivity index (χ0v) is 15.6. The molecule has 0 saturated carbocycles. The Morgan fingerprint density at radius 2 is 2.08 bits per heavy atom. The molecule has 0 bridgehead atoms. The van der Waals surface area contributed by atoms with E-state index in [-0.39, 0.29) is 17.6 Å². The van der Waals surface area contributed by atoms with Crippen molar-refractivity contribution in [3.63, 3.8) is 0 Å². The number of amides is 1. The fourth-order valence-corrected chi connectivity index (χ4v) is 3.19. The Morgan fingerprint density at radius 1 is 1.35 bits per heavy atom. The van der Waals surface area contributed by atoms with E-state index in [0.717, 1.165) is 37.6 Å². The fraction of sp³-hybridized carbons (Fsp3) is 0.444. The van der Waals surface area contributed by atoms with Crippen LogP contribution in [0.4, 0.5) is 10.1 Å². The number of hydrogen-bond acceptors (Lipinski definition) is 5. The van der Waals surface area contributed by atoms with Gasteiger partial charge >= 0.3 is 0 Å². The topological polar surface area (TPSA) is 61.6 Å². The molecule has 3 rings (SSSR count). The maximum Gasteiger partial charge on any atom is 0.241 e. The van der Waals surface area contributed by atoms with E-state index in [1.807, 2.05) is 19.9 Å². The van der Waals surface area contributed by atoms with E-state index in [0.29, 0.717) is 11.6 Å². The Kier molecular flexibility index (Phi) is 5.90. The van der Waals surface area contributed by atoms with Gasteiger partial charge in [-0.15, -0.1) is 0 Å². The number of carbonyl (C=O) groups is 1. The lowest BCUT2D eigenvalue weighted by atomic mass is 10.2. The summed E-state index contributed by atoms with van der Waals surface area (Å²) in [6, 6.07) is 5.68. The van der Waals surface area contributed by atoms with Crippen molar-refractivity contribution in [3.8, 4) is 0 Å². The summed E-state index contributed by atoms with van der Waals surface area (Å²) in [6.45, 7) is 7.58. The number of halogens is 2. The largest absolute Gasteiger partial charge is 0.360 e. The van der Waals surface area contributed by atoms with Crippen LogP contribution in [0.2, 0.25) is 5.02 Å². The fourth-order valence-electron chi connectivity index (χ4n) is 3.02. The molecule has 1 aromatic heterocycles. The SMILES string of the molecule is Cc1cc(CN2CCN(C(C)C(=O)Nc3cc(Cl)ccc3F)CC2)on1. The van der Waals surface area contributed by atoms with Crippen molar-refractivity contribution in [3.05, 3.63) is 46.6 Å². The molecule has 0 radical (unpaired) electrons. The summed E-state index contributed by atoms with van der Waals surface area (Å²) in [7, 11) is 0. The first-order valence-electron chi connectivity index (χ1n) is 8.57. The zero-order valence-electron chi connectivity index (χ0n) is 14.8. The Balaban J connectivity index is 1.51. The maximum atomic E-state index is 13.8. The van der Waals surface area contributed by atoms with Crippen molar-refractivity contribution >= 4 is 23.2 Å². The Morgan fingerprint density at radius 3 is 2.73 bits per heavy atom. The highest BCUT2D eigenvalue weighted by Crippen LogP contribution is 2.20. The van der Waals surface area contributed by atoms with Crippen LogP contribution in [0.15, 0.2) is 28.8 Å².